The van der Waals surface area contributed by atoms with Crippen molar-refractivity contribution in [2.75, 3.05) is 10.8 Å². The lowest BCUT2D eigenvalue weighted by Gasteiger charge is -2.34. The standard InChI is InChI=1S/C32H37Cl2N3O4S/c1-4-29(32(39)35-24-11-8-9-12-24)36(20-26-27(33)15-10-16-28(26)34)31(38)21-37(30-19-22(2)17-18-23(30)3)42(40,41)25-13-6-5-7-14-25/h5-7,10,13-19,24,29H,4,8-9,11-12,20-21H2,1-3H3,(H,35,39)/t29-/m0/s1. The average molecular weight is 631 g/mol. The molecule has 4 rings (SSSR count). The fourth-order valence-corrected chi connectivity index (χ4v) is 7.37. The molecule has 1 atom stereocenters. The van der Waals surface area contributed by atoms with Gasteiger partial charge in [0.15, 0.2) is 0 Å². The molecule has 0 spiro atoms. The molecule has 7 nitrogen and oxygen atoms in total. The molecule has 10 heteroatoms. The fourth-order valence-electron chi connectivity index (χ4n) is 5.36. The number of nitrogens with zero attached hydrogens (tertiary/aromatic N) is 2. The molecule has 0 unspecified atom stereocenters. The van der Waals surface area contributed by atoms with Crippen LogP contribution in [0.4, 0.5) is 5.69 Å². The molecule has 0 aromatic heterocycles. The maximum Gasteiger partial charge on any atom is 0.264 e. The van der Waals surface area contributed by atoms with E-state index in [1.54, 1.807) is 49.4 Å². The molecule has 1 aliphatic carbocycles. The Labute approximate surface area is 258 Å². The van der Waals surface area contributed by atoms with E-state index in [0.29, 0.717) is 33.3 Å². The predicted molar refractivity (Wildman–Crippen MR) is 168 cm³/mol. The van der Waals surface area contributed by atoms with Gasteiger partial charge in [-0.3, -0.25) is 13.9 Å². The maximum atomic E-state index is 14.3. The fraction of sp³-hybridized carbons (Fsp3) is 0.375. The van der Waals surface area contributed by atoms with Crippen LogP contribution in [-0.4, -0.2) is 43.8 Å². The van der Waals surface area contributed by atoms with Crippen LogP contribution >= 0.6 is 23.2 Å². The van der Waals surface area contributed by atoms with Crippen molar-refractivity contribution in [3.8, 4) is 0 Å². The Morgan fingerprint density at radius 2 is 1.60 bits per heavy atom. The third kappa shape index (κ3) is 7.28. The predicted octanol–water partition coefficient (Wildman–Crippen LogP) is 6.67. The van der Waals surface area contributed by atoms with E-state index in [0.717, 1.165) is 35.6 Å². The number of amides is 2. The van der Waals surface area contributed by atoms with Crippen LogP contribution < -0.4 is 9.62 Å². The molecular weight excluding hydrogens is 593 g/mol. The van der Waals surface area contributed by atoms with Crippen LogP contribution in [0.25, 0.3) is 0 Å². The number of anilines is 1. The summed E-state index contributed by atoms with van der Waals surface area (Å²) in [6, 6.07) is 17.7. The Hall–Kier alpha value is -3.07. The number of sulfonamides is 1. The summed E-state index contributed by atoms with van der Waals surface area (Å²) in [5.41, 5.74) is 2.43. The number of hydrogen-bond acceptors (Lipinski definition) is 4. The lowest BCUT2D eigenvalue weighted by molar-refractivity contribution is -0.140. The summed E-state index contributed by atoms with van der Waals surface area (Å²) in [7, 11) is -4.15. The number of carbonyl (C=O) groups is 2. The topological polar surface area (TPSA) is 86.8 Å². The van der Waals surface area contributed by atoms with Crippen molar-refractivity contribution < 1.29 is 18.0 Å². The zero-order valence-electron chi connectivity index (χ0n) is 24.1. The van der Waals surface area contributed by atoms with Crippen molar-refractivity contribution in [1.82, 2.24) is 10.2 Å². The Kier molecular flexibility index (Phi) is 10.6. The van der Waals surface area contributed by atoms with Crippen LogP contribution in [0, 0.1) is 13.8 Å². The van der Waals surface area contributed by atoms with Gasteiger partial charge in [-0.05, 0) is 74.6 Å². The van der Waals surface area contributed by atoms with E-state index in [9.17, 15) is 18.0 Å². The Morgan fingerprint density at radius 3 is 2.21 bits per heavy atom. The average Bonchev–Trinajstić information content (AvgIpc) is 3.48. The lowest BCUT2D eigenvalue weighted by Crippen LogP contribution is -2.53. The van der Waals surface area contributed by atoms with E-state index in [1.165, 1.54) is 17.0 Å². The number of carbonyl (C=O) groups excluding carboxylic acids is 2. The summed E-state index contributed by atoms with van der Waals surface area (Å²) < 4.78 is 29.3. The van der Waals surface area contributed by atoms with Gasteiger partial charge in [0, 0.05) is 28.2 Å². The van der Waals surface area contributed by atoms with Crippen molar-refractivity contribution in [1.29, 1.82) is 0 Å². The summed E-state index contributed by atoms with van der Waals surface area (Å²) in [6.45, 7) is 4.93. The third-order valence-electron chi connectivity index (χ3n) is 7.72. The second-order valence-electron chi connectivity index (χ2n) is 10.8. The zero-order chi connectivity index (χ0) is 30.4. The van der Waals surface area contributed by atoms with Crippen molar-refractivity contribution >= 4 is 50.7 Å². The molecule has 1 saturated carbocycles. The molecule has 0 bridgehead atoms. The first kappa shape index (κ1) is 31.9. The molecule has 0 heterocycles. The second kappa shape index (κ2) is 13.9. The Bertz CT molecular complexity index is 1510. The summed E-state index contributed by atoms with van der Waals surface area (Å²) in [5, 5.41) is 3.82. The van der Waals surface area contributed by atoms with Crippen molar-refractivity contribution in [3.63, 3.8) is 0 Å². The maximum absolute atomic E-state index is 14.3. The Morgan fingerprint density at radius 1 is 0.952 bits per heavy atom. The molecule has 224 valence electrons. The van der Waals surface area contributed by atoms with Crippen molar-refractivity contribution in [2.24, 2.45) is 0 Å². The van der Waals surface area contributed by atoms with Gasteiger partial charge in [-0.25, -0.2) is 8.42 Å². The molecule has 2 amide bonds. The first-order chi connectivity index (χ1) is 20.0. The Balaban J connectivity index is 1.77. The zero-order valence-corrected chi connectivity index (χ0v) is 26.5. The number of hydrogen-bond donors (Lipinski definition) is 1. The molecule has 1 aliphatic rings. The first-order valence-electron chi connectivity index (χ1n) is 14.2. The molecule has 3 aromatic carbocycles. The summed E-state index contributed by atoms with van der Waals surface area (Å²) in [6.07, 6.45) is 4.19. The van der Waals surface area contributed by atoms with Gasteiger partial charge in [-0.1, -0.05) is 79.4 Å². The molecule has 0 aliphatic heterocycles. The highest BCUT2D eigenvalue weighted by molar-refractivity contribution is 7.92. The highest BCUT2D eigenvalue weighted by Crippen LogP contribution is 2.30. The van der Waals surface area contributed by atoms with Crippen LogP contribution in [0.5, 0.6) is 0 Å². The number of aryl methyl sites for hydroxylation is 2. The normalized spacial score (nSPS) is 14.4. The van der Waals surface area contributed by atoms with E-state index < -0.39 is 28.5 Å². The van der Waals surface area contributed by atoms with Gasteiger partial charge in [0.1, 0.15) is 12.6 Å². The smallest absolute Gasteiger partial charge is 0.264 e. The molecule has 0 radical (unpaired) electrons. The van der Waals surface area contributed by atoms with E-state index >= 15 is 0 Å². The molecule has 1 fully saturated rings. The van der Waals surface area contributed by atoms with Gasteiger partial charge < -0.3 is 10.2 Å². The number of halogens is 2. The van der Waals surface area contributed by atoms with Crippen LogP contribution in [0.15, 0.2) is 71.6 Å². The molecule has 3 aromatic rings. The van der Waals surface area contributed by atoms with E-state index in [-0.39, 0.29) is 23.4 Å². The minimum Gasteiger partial charge on any atom is -0.352 e. The molecule has 42 heavy (non-hydrogen) atoms. The van der Waals surface area contributed by atoms with Gasteiger partial charge in [-0.2, -0.15) is 0 Å². The third-order valence-corrected chi connectivity index (χ3v) is 10.2. The first-order valence-corrected chi connectivity index (χ1v) is 16.4. The molecular formula is C32H37Cl2N3O4S. The summed E-state index contributed by atoms with van der Waals surface area (Å²) in [5.74, 6) is -0.815. The van der Waals surface area contributed by atoms with E-state index in [2.05, 4.69) is 5.32 Å². The summed E-state index contributed by atoms with van der Waals surface area (Å²) in [4.78, 5) is 29.4. The van der Waals surface area contributed by atoms with Gasteiger partial charge in [0.2, 0.25) is 11.8 Å². The van der Waals surface area contributed by atoms with Crippen molar-refractivity contribution in [3.05, 3.63) is 93.5 Å². The van der Waals surface area contributed by atoms with Gasteiger partial charge in [0.05, 0.1) is 10.6 Å². The van der Waals surface area contributed by atoms with Crippen LogP contribution in [-0.2, 0) is 26.2 Å². The molecule has 1 N–H and O–H groups in total. The lowest BCUT2D eigenvalue weighted by atomic mass is 10.1. The van der Waals surface area contributed by atoms with Crippen molar-refractivity contribution in [2.45, 2.75) is 76.4 Å². The minimum atomic E-state index is -4.15. The van der Waals surface area contributed by atoms with E-state index in [4.69, 9.17) is 23.2 Å². The SMILES string of the molecule is CC[C@@H](C(=O)NC1CCCC1)N(Cc1c(Cl)cccc1Cl)C(=O)CN(c1cc(C)ccc1C)S(=O)(=O)c1ccccc1. The highest BCUT2D eigenvalue weighted by Gasteiger charge is 2.35. The monoisotopic (exact) mass is 629 g/mol. The largest absolute Gasteiger partial charge is 0.352 e. The van der Waals surface area contributed by atoms with Crippen LogP contribution in [0.1, 0.15) is 55.7 Å². The highest BCUT2D eigenvalue weighted by atomic mass is 35.5. The molecule has 0 saturated heterocycles. The minimum absolute atomic E-state index is 0.0531. The van der Waals surface area contributed by atoms with Crippen LogP contribution in [0.2, 0.25) is 10.0 Å². The van der Waals surface area contributed by atoms with Crippen LogP contribution in [0.3, 0.4) is 0 Å². The second-order valence-corrected chi connectivity index (χ2v) is 13.4. The number of rotatable bonds is 11. The quantitative estimate of drug-likeness (QED) is 0.256. The van der Waals surface area contributed by atoms with Gasteiger partial charge in [-0.15, -0.1) is 0 Å². The van der Waals surface area contributed by atoms with Gasteiger partial charge in [0.25, 0.3) is 10.0 Å². The van der Waals surface area contributed by atoms with E-state index in [1.807, 2.05) is 26.0 Å². The summed E-state index contributed by atoms with van der Waals surface area (Å²) >= 11 is 13.0. The van der Waals surface area contributed by atoms with Gasteiger partial charge >= 0.3 is 0 Å². The number of benzene rings is 3. The number of nitrogens with one attached hydrogen (secondary N) is 1.